The second-order valence-electron chi connectivity index (χ2n) is 6.40. The van der Waals surface area contributed by atoms with Crippen LogP contribution in [0.25, 0.3) is 0 Å². The Labute approximate surface area is 170 Å². The van der Waals surface area contributed by atoms with Gasteiger partial charge < -0.3 is 29.4 Å². The lowest BCUT2D eigenvalue weighted by molar-refractivity contribution is -0.328. The molecule has 1 aliphatic rings. The molecule has 0 aromatic heterocycles. The second-order valence-corrected chi connectivity index (χ2v) is 6.40. The van der Waals surface area contributed by atoms with Crippen molar-refractivity contribution in [1.82, 2.24) is 10.2 Å². The number of carbonyl (C=O) groups excluding carboxylic acids is 2. The summed E-state index contributed by atoms with van der Waals surface area (Å²) in [6.07, 6.45) is -5.37. The first-order valence-electron chi connectivity index (χ1n) is 8.77. The van der Waals surface area contributed by atoms with Gasteiger partial charge in [-0.1, -0.05) is 0 Å². The molecular weight excluding hydrogens is 413 g/mol. The molecule has 1 fully saturated rings. The first-order valence-corrected chi connectivity index (χ1v) is 8.77. The molecular formula is C18H23F3N2O7. The number of nitrogens with one attached hydrogen (secondary N) is 1. The highest BCUT2D eigenvalue weighted by molar-refractivity contribution is 5.83. The number of aliphatic hydroxyl groups is 1. The Morgan fingerprint density at radius 3 is 2.13 bits per heavy atom. The van der Waals surface area contributed by atoms with Crippen molar-refractivity contribution in [1.29, 1.82) is 0 Å². The molecule has 2 N–H and O–H groups in total. The Bertz CT molecular complexity index is 792. The van der Waals surface area contributed by atoms with Gasteiger partial charge in [0.15, 0.2) is 11.5 Å². The molecule has 1 heterocycles. The monoisotopic (exact) mass is 436 g/mol. The SMILES string of the molecule is CCOC(=O)[C@@H]1[C@@H](c2cc(OC)c(OC)c(OC)c2)NC(=O)N(C)[C@@]1(O)C(F)(F)F. The highest BCUT2D eigenvalue weighted by Crippen LogP contribution is 2.49. The summed E-state index contributed by atoms with van der Waals surface area (Å²) in [7, 11) is 4.66. The van der Waals surface area contributed by atoms with Gasteiger partial charge >= 0.3 is 18.2 Å². The van der Waals surface area contributed by atoms with Crippen LogP contribution in [0.15, 0.2) is 12.1 Å². The van der Waals surface area contributed by atoms with Crippen LogP contribution in [0.3, 0.4) is 0 Å². The molecule has 0 unspecified atom stereocenters. The normalized spacial score (nSPS) is 24.2. The maximum Gasteiger partial charge on any atom is 0.437 e. The van der Waals surface area contributed by atoms with Crippen LogP contribution in [-0.4, -0.2) is 68.9 Å². The molecule has 0 radical (unpaired) electrons. The molecule has 0 bridgehead atoms. The molecule has 12 heteroatoms. The quantitative estimate of drug-likeness (QED) is 0.656. The Hall–Kier alpha value is -2.89. The van der Waals surface area contributed by atoms with E-state index in [4.69, 9.17) is 18.9 Å². The van der Waals surface area contributed by atoms with Gasteiger partial charge in [0.05, 0.1) is 34.0 Å². The third kappa shape index (κ3) is 3.66. The lowest BCUT2D eigenvalue weighted by atomic mass is 9.81. The first kappa shape index (κ1) is 23.4. The molecule has 3 atom stereocenters. The highest BCUT2D eigenvalue weighted by atomic mass is 19.4. The summed E-state index contributed by atoms with van der Waals surface area (Å²) in [5, 5.41) is 13.0. The van der Waals surface area contributed by atoms with Crippen molar-refractivity contribution in [3.05, 3.63) is 17.7 Å². The van der Waals surface area contributed by atoms with Gasteiger partial charge in [-0.05, 0) is 24.6 Å². The summed E-state index contributed by atoms with van der Waals surface area (Å²) < 4.78 is 62.2. The number of hydrogen-bond acceptors (Lipinski definition) is 7. The third-order valence-corrected chi connectivity index (χ3v) is 4.87. The van der Waals surface area contributed by atoms with Crippen molar-refractivity contribution in [2.45, 2.75) is 24.9 Å². The van der Waals surface area contributed by atoms with Crippen molar-refractivity contribution >= 4 is 12.0 Å². The summed E-state index contributed by atoms with van der Waals surface area (Å²) in [4.78, 5) is 24.9. The average molecular weight is 436 g/mol. The molecule has 2 rings (SSSR count). The number of nitrogens with zero attached hydrogens (tertiary/aromatic N) is 1. The summed E-state index contributed by atoms with van der Waals surface area (Å²) in [6.45, 7) is 1.17. The molecule has 0 saturated carbocycles. The molecule has 0 aliphatic carbocycles. The van der Waals surface area contributed by atoms with E-state index < -0.39 is 35.9 Å². The maximum atomic E-state index is 13.9. The summed E-state index contributed by atoms with van der Waals surface area (Å²) in [5.74, 6) is -3.27. The molecule has 9 nitrogen and oxygen atoms in total. The zero-order valence-corrected chi connectivity index (χ0v) is 17.0. The molecule has 2 amide bonds. The fraction of sp³-hybridized carbons (Fsp3) is 0.556. The van der Waals surface area contributed by atoms with Crippen LogP contribution in [0.2, 0.25) is 0 Å². The Morgan fingerprint density at radius 2 is 1.73 bits per heavy atom. The van der Waals surface area contributed by atoms with Crippen LogP contribution in [0, 0.1) is 5.92 Å². The summed E-state index contributed by atoms with van der Waals surface area (Å²) >= 11 is 0. The van der Waals surface area contributed by atoms with E-state index >= 15 is 0 Å². The number of benzene rings is 1. The number of methoxy groups -OCH3 is 3. The molecule has 1 aliphatic heterocycles. The zero-order chi connectivity index (χ0) is 22.9. The fourth-order valence-corrected chi connectivity index (χ4v) is 3.36. The van der Waals surface area contributed by atoms with Crippen LogP contribution >= 0.6 is 0 Å². The highest BCUT2D eigenvalue weighted by Gasteiger charge is 2.69. The van der Waals surface area contributed by atoms with E-state index in [0.29, 0.717) is 0 Å². The van der Waals surface area contributed by atoms with Crippen LogP contribution < -0.4 is 19.5 Å². The Kier molecular flexibility index (Phi) is 6.60. The van der Waals surface area contributed by atoms with Crippen LogP contribution in [0.1, 0.15) is 18.5 Å². The molecule has 1 aromatic rings. The lowest BCUT2D eigenvalue weighted by Gasteiger charge is -2.49. The minimum atomic E-state index is -5.37. The van der Waals surface area contributed by atoms with E-state index in [1.807, 2.05) is 0 Å². The third-order valence-electron chi connectivity index (χ3n) is 4.87. The minimum Gasteiger partial charge on any atom is -0.493 e. The van der Waals surface area contributed by atoms with Gasteiger partial charge in [0, 0.05) is 7.05 Å². The minimum absolute atomic E-state index is 0.00618. The van der Waals surface area contributed by atoms with Crippen LogP contribution in [-0.2, 0) is 9.53 Å². The fourth-order valence-electron chi connectivity index (χ4n) is 3.36. The first-order chi connectivity index (χ1) is 14.0. The van der Waals surface area contributed by atoms with E-state index in [1.165, 1.54) is 40.4 Å². The number of esters is 1. The topological polar surface area (TPSA) is 107 Å². The van der Waals surface area contributed by atoms with Gasteiger partial charge in [-0.3, -0.25) is 9.69 Å². The standard InChI is InChI=1S/C18H23F3N2O7/c1-6-30-15(24)12-13(22-16(25)23(2)17(12,26)18(19,20)21)9-7-10(27-3)14(29-5)11(8-9)28-4/h7-8,12-13,26H,6H2,1-5H3,(H,22,25)/t12-,13+,17-/m0/s1. The van der Waals surface area contributed by atoms with Gasteiger partial charge in [-0.2, -0.15) is 13.2 Å². The number of alkyl halides is 3. The van der Waals surface area contributed by atoms with Crippen LogP contribution in [0.4, 0.5) is 18.0 Å². The molecule has 0 spiro atoms. The molecule has 1 saturated heterocycles. The predicted octanol–water partition coefficient (Wildman–Crippen LogP) is 1.84. The van der Waals surface area contributed by atoms with E-state index in [0.717, 1.165) is 7.05 Å². The number of urea groups is 1. The average Bonchev–Trinajstić information content (AvgIpc) is 2.69. The maximum absolute atomic E-state index is 13.9. The largest absolute Gasteiger partial charge is 0.493 e. The second kappa shape index (κ2) is 8.46. The van der Waals surface area contributed by atoms with Crippen LogP contribution in [0.5, 0.6) is 17.2 Å². The van der Waals surface area contributed by atoms with Crippen molar-refractivity contribution in [2.75, 3.05) is 35.0 Å². The molecule has 30 heavy (non-hydrogen) atoms. The van der Waals surface area contributed by atoms with Gasteiger partial charge in [0.2, 0.25) is 5.75 Å². The molecule has 1 aromatic carbocycles. The Morgan fingerprint density at radius 1 is 1.20 bits per heavy atom. The number of carbonyl (C=O) groups is 2. The van der Waals surface area contributed by atoms with Gasteiger partial charge in [0.1, 0.15) is 5.92 Å². The summed E-state index contributed by atoms with van der Waals surface area (Å²) in [6, 6.07) is -0.302. The van der Waals surface area contributed by atoms with Gasteiger partial charge in [0.25, 0.3) is 5.72 Å². The van der Waals surface area contributed by atoms with Crippen molar-refractivity contribution in [2.24, 2.45) is 5.92 Å². The Balaban J connectivity index is 2.75. The van der Waals surface area contributed by atoms with E-state index in [-0.39, 0.29) is 34.3 Å². The lowest BCUT2D eigenvalue weighted by Crippen LogP contribution is -2.73. The number of ether oxygens (including phenoxy) is 4. The predicted molar refractivity (Wildman–Crippen MR) is 96.3 cm³/mol. The zero-order valence-electron chi connectivity index (χ0n) is 17.0. The van der Waals surface area contributed by atoms with E-state index in [2.05, 4.69) is 5.32 Å². The van der Waals surface area contributed by atoms with E-state index in [9.17, 15) is 27.9 Å². The number of hydrogen-bond donors (Lipinski definition) is 2. The van der Waals surface area contributed by atoms with E-state index in [1.54, 1.807) is 0 Å². The number of rotatable bonds is 6. The number of amides is 2. The summed E-state index contributed by atoms with van der Waals surface area (Å²) in [5.41, 5.74) is -3.82. The van der Waals surface area contributed by atoms with Gasteiger partial charge in [-0.25, -0.2) is 4.79 Å². The molecule has 168 valence electrons. The van der Waals surface area contributed by atoms with Crippen molar-refractivity contribution in [3.8, 4) is 17.2 Å². The van der Waals surface area contributed by atoms with Crippen molar-refractivity contribution in [3.63, 3.8) is 0 Å². The smallest absolute Gasteiger partial charge is 0.437 e. The van der Waals surface area contributed by atoms with Gasteiger partial charge in [-0.15, -0.1) is 0 Å². The number of halogens is 3. The van der Waals surface area contributed by atoms with Crippen molar-refractivity contribution < 1.29 is 46.8 Å².